The number of nitro benzene ring substituents is 1. The first-order chi connectivity index (χ1) is 13.1. The molecule has 0 aliphatic rings. The first kappa shape index (κ1) is 21.3. The van der Waals surface area contributed by atoms with Crippen molar-refractivity contribution in [3.63, 3.8) is 0 Å². The SMILES string of the molecule is CCOc1ccc(NC(=O)Cc2ccc([N+](=O)[O-])cc2)cc1S(=O)(=O)N(C)C. The maximum Gasteiger partial charge on any atom is 0.269 e. The minimum atomic E-state index is -3.77. The van der Waals surface area contributed by atoms with Crippen LogP contribution < -0.4 is 10.1 Å². The van der Waals surface area contributed by atoms with Gasteiger partial charge in [-0.05, 0) is 30.7 Å². The van der Waals surface area contributed by atoms with E-state index < -0.39 is 14.9 Å². The topological polar surface area (TPSA) is 119 Å². The fourth-order valence-electron chi connectivity index (χ4n) is 2.38. The van der Waals surface area contributed by atoms with Crippen LogP contribution >= 0.6 is 0 Å². The first-order valence-corrected chi connectivity index (χ1v) is 9.81. The number of nitro groups is 1. The third-order valence-electron chi connectivity index (χ3n) is 3.80. The highest BCUT2D eigenvalue weighted by Gasteiger charge is 2.23. The Labute approximate surface area is 163 Å². The summed E-state index contributed by atoms with van der Waals surface area (Å²) in [5.74, 6) is -0.184. The number of amides is 1. The van der Waals surface area contributed by atoms with Crippen molar-refractivity contribution < 1.29 is 22.9 Å². The number of nitrogens with zero attached hydrogens (tertiary/aromatic N) is 2. The van der Waals surface area contributed by atoms with Crippen LogP contribution in [-0.4, -0.2) is 44.3 Å². The Balaban J connectivity index is 2.21. The molecule has 0 unspecified atom stereocenters. The molecule has 150 valence electrons. The third kappa shape index (κ3) is 5.05. The van der Waals surface area contributed by atoms with Gasteiger partial charge in [-0.25, -0.2) is 12.7 Å². The maximum atomic E-state index is 12.5. The van der Waals surface area contributed by atoms with E-state index in [-0.39, 0.29) is 28.7 Å². The second-order valence-corrected chi connectivity index (χ2v) is 8.15. The van der Waals surface area contributed by atoms with Gasteiger partial charge in [-0.1, -0.05) is 12.1 Å². The summed E-state index contributed by atoms with van der Waals surface area (Å²) >= 11 is 0. The van der Waals surface area contributed by atoms with Gasteiger partial charge in [0.2, 0.25) is 15.9 Å². The molecule has 0 aromatic heterocycles. The molecular weight excluding hydrogens is 386 g/mol. The summed E-state index contributed by atoms with van der Waals surface area (Å²) in [5, 5.41) is 13.3. The van der Waals surface area contributed by atoms with Gasteiger partial charge in [-0.3, -0.25) is 14.9 Å². The smallest absolute Gasteiger partial charge is 0.269 e. The van der Waals surface area contributed by atoms with E-state index in [0.717, 1.165) is 4.31 Å². The van der Waals surface area contributed by atoms with Crippen molar-refractivity contribution in [2.75, 3.05) is 26.0 Å². The molecular formula is C18H21N3O6S. The fraction of sp³-hybridized carbons (Fsp3) is 0.278. The summed E-state index contributed by atoms with van der Waals surface area (Å²) < 4.78 is 31.5. The lowest BCUT2D eigenvalue weighted by Crippen LogP contribution is -2.23. The monoisotopic (exact) mass is 407 g/mol. The van der Waals surface area contributed by atoms with Gasteiger partial charge < -0.3 is 10.1 Å². The molecule has 0 spiro atoms. The number of rotatable bonds is 8. The number of anilines is 1. The van der Waals surface area contributed by atoms with Gasteiger partial charge in [0, 0.05) is 31.9 Å². The molecule has 0 saturated heterocycles. The largest absolute Gasteiger partial charge is 0.492 e. The number of hydrogen-bond donors (Lipinski definition) is 1. The molecule has 0 heterocycles. The van der Waals surface area contributed by atoms with Crippen molar-refractivity contribution in [1.29, 1.82) is 0 Å². The molecule has 1 amide bonds. The Kier molecular flexibility index (Phi) is 6.71. The number of hydrogen-bond acceptors (Lipinski definition) is 6. The zero-order valence-corrected chi connectivity index (χ0v) is 16.5. The first-order valence-electron chi connectivity index (χ1n) is 8.37. The van der Waals surface area contributed by atoms with Crippen molar-refractivity contribution in [3.05, 3.63) is 58.1 Å². The molecule has 0 aliphatic carbocycles. The van der Waals surface area contributed by atoms with E-state index in [2.05, 4.69) is 5.32 Å². The van der Waals surface area contributed by atoms with Crippen molar-refractivity contribution in [2.24, 2.45) is 0 Å². The Bertz CT molecular complexity index is 971. The van der Waals surface area contributed by atoms with Crippen LogP contribution in [0.15, 0.2) is 47.4 Å². The predicted molar refractivity (Wildman–Crippen MR) is 104 cm³/mol. The molecule has 0 saturated carbocycles. The van der Waals surface area contributed by atoms with Gasteiger partial charge in [0.15, 0.2) is 0 Å². The number of non-ortho nitro benzene ring substituents is 1. The fourth-order valence-corrected chi connectivity index (χ4v) is 3.44. The van der Waals surface area contributed by atoms with Gasteiger partial charge in [-0.2, -0.15) is 0 Å². The molecule has 2 aromatic rings. The van der Waals surface area contributed by atoms with Crippen LogP contribution in [0, 0.1) is 10.1 Å². The lowest BCUT2D eigenvalue weighted by atomic mass is 10.1. The highest BCUT2D eigenvalue weighted by Crippen LogP contribution is 2.29. The van der Waals surface area contributed by atoms with E-state index in [1.165, 1.54) is 50.5 Å². The molecule has 0 radical (unpaired) electrons. The van der Waals surface area contributed by atoms with E-state index in [1.54, 1.807) is 13.0 Å². The summed E-state index contributed by atoms with van der Waals surface area (Å²) in [6.45, 7) is 2.04. The summed E-state index contributed by atoms with van der Waals surface area (Å²) in [5.41, 5.74) is 0.833. The number of carbonyl (C=O) groups is 1. The van der Waals surface area contributed by atoms with Gasteiger partial charge >= 0.3 is 0 Å². The molecule has 0 bridgehead atoms. The summed E-state index contributed by atoms with van der Waals surface area (Å²) in [6.07, 6.45) is -0.0129. The van der Waals surface area contributed by atoms with Crippen molar-refractivity contribution >= 4 is 27.3 Å². The van der Waals surface area contributed by atoms with Crippen LogP contribution in [0.25, 0.3) is 0 Å². The van der Waals surface area contributed by atoms with Gasteiger partial charge in [0.05, 0.1) is 18.0 Å². The third-order valence-corrected chi connectivity index (χ3v) is 5.63. The van der Waals surface area contributed by atoms with Gasteiger partial charge in [0.25, 0.3) is 5.69 Å². The number of nitrogens with one attached hydrogen (secondary N) is 1. The molecule has 9 nitrogen and oxygen atoms in total. The molecule has 1 N–H and O–H groups in total. The molecule has 28 heavy (non-hydrogen) atoms. The molecule has 2 aromatic carbocycles. The Morgan fingerprint density at radius 3 is 2.36 bits per heavy atom. The maximum absolute atomic E-state index is 12.5. The zero-order valence-electron chi connectivity index (χ0n) is 15.7. The predicted octanol–water partition coefficient (Wildman–Crippen LogP) is 2.43. The average Bonchev–Trinajstić information content (AvgIpc) is 2.63. The zero-order chi connectivity index (χ0) is 20.9. The lowest BCUT2D eigenvalue weighted by Gasteiger charge is -2.16. The molecule has 2 rings (SSSR count). The van der Waals surface area contributed by atoms with E-state index in [1.807, 2.05) is 0 Å². The average molecular weight is 407 g/mol. The van der Waals surface area contributed by atoms with Crippen LogP contribution in [-0.2, 0) is 21.2 Å². The summed E-state index contributed by atoms with van der Waals surface area (Å²) in [4.78, 5) is 22.4. The van der Waals surface area contributed by atoms with E-state index >= 15 is 0 Å². The number of sulfonamides is 1. The molecule has 0 fully saturated rings. The van der Waals surface area contributed by atoms with Crippen LogP contribution in [0.5, 0.6) is 5.75 Å². The highest BCUT2D eigenvalue weighted by atomic mass is 32.2. The van der Waals surface area contributed by atoms with E-state index in [9.17, 15) is 23.3 Å². The normalized spacial score (nSPS) is 11.3. The number of ether oxygens (including phenoxy) is 1. The Hall–Kier alpha value is -2.98. The highest BCUT2D eigenvalue weighted by molar-refractivity contribution is 7.89. The van der Waals surface area contributed by atoms with Crippen LogP contribution in [0.2, 0.25) is 0 Å². The standard InChI is InChI=1S/C18H21N3O6S/c1-4-27-16-10-7-14(12-17(16)28(25,26)20(2)3)19-18(22)11-13-5-8-15(9-6-13)21(23)24/h5-10,12H,4,11H2,1-3H3,(H,19,22). The van der Waals surface area contributed by atoms with E-state index in [0.29, 0.717) is 17.9 Å². The van der Waals surface area contributed by atoms with Gasteiger partial charge in [0.1, 0.15) is 10.6 Å². The second kappa shape index (κ2) is 8.81. The van der Waals surface area contributed by atoms with Crippen LogP contribution in [0.3, 0.4) is 0 Å². The minimum Gasteiger partial charge on any atom is -0.492 e. The van der Waals surface area contributed by atoms with Crippen molar-refractivity contribution in [3.8, 4) is 5.75 Å². The second-order valence-electron chi connectivity index (χ2n) is 6.03. The molecule has 0 atom stereocenters. The van der Waals surface area contributed by atoms with Crippen molar-refractivity contribution in [2.45, 2.75) is 18.2 Å². The molecule has 0 aliphatic heterocycles. The summed E-state index contributed by atoms with van der Waals surface area (Å²) in [7, 11) is -0.951. The quantitative estimate of drug-likeness (QED) is 0.530. The van der Waals surface area contributed by atoms with Crippen LogP contribution in [0.4, 0.5) is 11.4 Å². The number of benzene rings is 2. The van der Waals surface area contributed by atoms with Gasteiger partial charge in [-0.15, -0.1) is 0 Å². The lowest BCUT2D eigenvalue weighted by molar-refractivity contribution is -0.384. The number of carbonyl (C=O) groups excluding carboxylic acids is 1. The van der Waals surface area contributed by atoms with Crippen molar-refractivity contribution in [1.82, 2.24) is 4.31 Å². The Morgan fingerprint density at radius 1 is 1.18 bits per heavy atom. The molecule has 10 heteroatoms. The minimum absolute atomic E-state index is 0.0129. The van der Waals surface area contributed by atoms with E-state index in [4.69, 9.17) is 4.74 Å². The summed E-state index contributed by atoms with van der Waals surface area (Å²) in [6, 6.07) is 10.0. The van der Waals surface area contributed by atoms with Crippen LogP contribution in [0.1, 0.15) is 12.5 Å². The Morgan fingerprint density at radius 2 is 1.82 bits per heavy atom.